The van der Waals surface area contributed by atoms with Gasteiger partial charge in [-0.3, -0.25) is 19.2 Å². The summed E-state index contributed by atoms with van der Waals surface area (Å²) < 4.78 is 4.98. The second kappa shape index (κ2) is 8.71. The lowest BCUT2D eigenvalue weighted by Gasteiger charge is -2.23. The van der Waals surface area contributed by atoms with Crippen LogP contribution in [0.1, 0.15) is 23.7 Å². The van der Waals surface area contributed by atoms with Gasteiger partial charge in [-0.15, -0.1) is 11.8 Å². The molecule has 0 spiro atoms. The van der Waals surface area contributed by atoms with Crippen molar-refractivity contribution in [1.29, 1.82) is 0 Å². The second-order valence-electron chi connectivity index (χ2n) is 6.14. The number of amides is 2. The van der Waals surface area contributed by atoms with Crippen LogP contribution in [0.5, 0.6) is 0 Å². The van der Waals surface area contributed by atoms with Crippen molar-refractivity contribution in [3.05, 3.63) is 54.1 Å². The predicted octanol–water partition coefficient (Wildman–Crippen LogP) is 2.87. The number of nitrogens with one attached hydrogen (secondary N) is 2. The topological polar surface area (TPSA) is 102 Å². The van der Waals surface area contributed by atoms with Crippen LogP contribution in [-0.4, -0.2) is 35.4 Å². The molecule has 3 rings (SSSR count). The molecular formula is C20H18N2O5S. The number of carbonyl (C=O) groups is 4. The molecule has 1 aliphatic rings. The normalized spacial score (nSPS) is 15.2. The van der Waals surface area contributed by atoms with Crippen LogP contribution in [0, 0.1) is 0 Å². The van der Waals surface area contributed by atoms with Gasteiger partial charge in [0.2, 0.25) is 5.91 Å². The third kappa shape index (κ3) is 4.98. The maximum Gasteiger partial charge on any atom is 0.307 e. The van der Waals surface area contributed by atoms with E-state index in [1.54, 1.807) is 30.3 Å². The first-order valence-electron chi connectivity index (χ1n) is 8.55. The molecule has 1 atom stereocenters. The first kappa shape index (κ1) is 19.6. The van der Waals surface area contributed by atoms with Crippen LogP contribution in [0.15, 0.2) is 53.4 Å². The summed E-state index contributed by atoms with van der Waals surface area (Å²) in [6.07, 6.45) is -0.134. The van der Waals surface area contributed by atoms with Gasteiger partial charge < -0.3 is 15.4 Å². The average Bonchev–Trinajstić information content (AvgIpc) is 2.67. The maximum atomic E-state index is 12.1. The van der Waals surface area contributed by atoms with Crippen LogP contribution < -0.4 is 10.6 Å². The van der Waals surface area contributed by atoms with Crippen molar-refractivity contribution >= 4 is 46.7 Å². The van der Waals surface area contributed by atoms with Crippen LogP contribution in [0.2, 0.25) is 0 Å². The van der Waals surface area contributed by atoms with E-state index >= 15 is 0 Å². The number of para-hydroxylation sites is 1. The number of Topliss-reactive ketones (excluding diaryl/α,β-unsaturated/α-hetero) is 1. The highest BCUT2D eigenvalue weighted by molar-refractivity contribution is 8.01. The van der Waals surface area contributed by atoms with Gasteiger partial charge in [0.15, 0.2) is 12.4 Å². The molecular weight excluding hydrogens is 380 g/mol. The van der Waals surface area contributed by atoms with Crippen molar-refractivity contribution in [2.45, 2.75) is 23.5 Å². The predicted molar refractivity (Wildman–Crippen MR) is 105 cm³/mol. The van der Waals surface area contributed by atoms with E-state index in [0.717, 1.165) is 10.6 Å². The highest BCUT2D eigenvalue weighted by Gasteiger charge is 2.29. The van der Waals surface area contributed by atoms with Crippen LogP contribution >= 0.6 is 11.8 Å². The molecule has 0 saturated heterocycles. The smallest absolute Gasteiger partial charge is 0.307 e. The lowest BCUT2D eigenvalue weighted by molar-refractivity contribution is -0.147. The van der Waals surface area contributed by atoms with Crippen molar-refractivity contribution in [2.24, 2.45) is 0 Å². The SMILES string of the molecule is CC(=O)c1ccc(NC(=O)COC(=O)C[C@@H]2Sc3ccccc3NC2=O)cc1. The number of anilines is 2. The molecule has 2 aromatic carbocycles. The van der Waals surface area contributed by atoms with E-state index in [1.807, 2.05) is 18.2 Å². The van der Waals surface area contributed by atoms with E-state index in [9.17, 15) is 19.2 Å². The minimum atomic E-state index is -0.630. The molecule has 0 aliphatic carbocycles. The number of ether oxygens (including phenoxy) is 1. The Labute approximate surface area is 165 Å². The van der Waals surface area contributed by atoms with Crippen molar-refractivity contribution in [3.63, 3.8) is 0 Å². The van der Waals surface area contributed by atoms with Gasteiger partial charge in [0.05, 0.1) is 17.4 Å². The third-order valence-corrected chi connectivity index (χ3v) is 5.27. The average molecular weight is 398 g/mol. The van der Waals surface area contributed by atoms with Crippen LogP contribution in [-0.2, 0) is 19.1 Å². The van der Waals surface area contributed by atoms with Gasteiger partial charge in [0.1, 0.15) is 0 Å². The van der Waals surface area contributed by atoms with Gasteiger partial charge in [-0.2, -0.15) is 0 Å². The Morgan fingerprint density at radius 3 is 2.54 bits per heavy atom. The third-order valence-electron chi connectivity index (χ3n) is 4.00. The number of benzene rings is 2. The second-order valence-corrected chi connectivity index (χ2v) is 7.38. The molecule has 0 bridgehead atoms. The lowest BCUT2D eigenvalue weighted by Crippen LogP contribution is -2.32. The summed E-state index contributed by atoms with van der Waals surface area (Å²) in [6.45, 7) is 0.999. The minimum Gasteiger partial charge on any atom is -0.456 e. The number of carbonyl (C=O) groups excluding carboxylic acids is 4. The lowest BCUT2D eigenvalue weighted by atomic mass is 10.1. The fourth-order valence-electron chi connectivity index (χ4n) is 2.57. The van der Waals surface area contributed by atoms with Crippen molar-refractivity contribution in [3.8, 4) is 0 Å². The molecule has 7 nitrogen and oxygen atoms in total. The van der Waals surface area contributed by atoms with E-state index in [1.165, 1.54) is 18.7 Å². The van der Waals surface area contributed by atoms with Gasteiger partial charge in [0.25, 0.3) is 5.91 Å². The molecule has 28 heavy (non-hydrogen) atoms. The van der Waals surface area contributed by atoms with Gasteiger partial charge in [-0.1, -0.05) is 12.1 Å². The molecule has 0 radical (unpaired) electrons. The van der Waals surface area contributed by atoms with Crippen LogP contribution in [0.25, 0.3) is 0 Å². The van der Waals surface area contributed by atoms with Gasteiger partial charge in [-0.05, 0) is 43.3 Å². The van der Waals surface area contributed by atoms with Gasteiger partial charge >= 0.3 is 5.97 Å². The molecule has 2 amide bonds. The highest BCUT2D eigenvalue weighted by Crippen LogP contribution is 2.36. The zero-order chi connectivity index (χ0) is 20.1. The monoisotopic (exact) mass is 398 g/mol. The quantitative estimate of drug-likeness (QED) is 0.573. The van der Waals surface area contributed by atoms with Crippen molar-refractivity contribution in [1.82, 2.24) is 0 Å². The number of esters is 1. The fourth-order valence-corrected chi connectivity index (χ4v) is 3.66. The first-order valence-corrected chi connectivity index (χ1v) is 9.43. The molecule has 144 valence electrons. The Morgan fingerprint density at radius 1 is 1.11 bits per heavy atom. The number of hydrogen-bond donors (Lipinski definition) is 2. The van der Waals surface area contributed by atoms with Crippen molar-refractivity contribution in [2.75, 3.05) is 17.2 Å². The van der Waals surface area contributed by atoms with E-state index in [4.69, 9.17) is 4.74 Å². The van der Waals surface area contributed by atoms with Crippen LogP contribution in [0.3, 0.4) is 0 Å². The summed E-state index contributed by atoms with van der Waals surface area (Å²) in [5.41, 5.74) is 1.75. The standard InChI is InChI=1S/C20H18N2O5S/c1-12(23)13-6-8-14(9-7-13)21-18(24)11-27-19(25)10-17-20(26)22-15-4-2-3-5-16(15)28-17/h2-9,17H,10-11H2,1H3,(H,21,24)(H,22,26)/t17-/m0/s1. The molecule has 1 heterocycles. The number of thioether (sulfide) groups is 1. The summed E-state index contributed by atoms with van der Waals surface area (Å²) in [6, 6.07) is 13.7. The number of fused-ring (bicyclic) bond motifs is 1. The Kier molecular flexibility index (Phi) is 6.10. The van der Waals surface area contributed by atoms with Crippen molar-refractivity contribution < 1.29 is 23.9 Å². The Morgan fingerprint density at radius 2 is 1.82 bits per heavy atom. The molecule has 8 heteroatoms. The van der Waals surface area contributed by atoms with E-state index in [0.29, 0.717) is 11.3 Å². The summed E-state index contributed by atoms with van der Waals surface area (Å²) in [4.78, 5) is 48.1. The largest absolute Gasteiger partial charge is 0.456 e. The van der Waals surface area contributed by atoms with Gasteiger partial charge in [0, 0.05) is 16.1 Å². The van der Waals surface area contributed by atoms with E-state index in [-0.39, 0.29) is 18.1 Å². The summed E-state index contributed by atoms with van der Waals surface area (Å²) in [5.74, 6) is -1.47. The summed E-state index contributed by atoms with van der Waals surface area (Å²) in [7, 11) is 0. The Hall–Kier alpha value is -3.13. The fraction of sp³-hybridized carbons (Fsp3) is 0.200. The number of hydrogen-bond acceptors (Lipinski definition) is 6. The molecule has 0 saturated carbocycles. The van der Waals surface area contributed by atoms with Crippen LogP contribution in [0.4, 0.5) is 11.4 Å². The molecule has 1 aliphatic heterocycles. The molecule has 0 fully saturated rings. The van der Waals surface area contributed by atoms with E-state index in [2.05, 4.69) is 10.6 Å². The van der Waals surface area contributed by atoms with E-state index < -0.39 is 23.7 Å². The Balaban J connectivity index is 1.47. The zero-order valence-electron chi connectivity index (χ0n) is 15.1. The van der Waals surface area contributed by atoms with Gasteiger partial charge in [-0.25, -0.2) is 0 Å². The highest BCUT2D eigenvalue weighted by atomic mass is 32.2. The number of ketones is 1. The minimum absolute atomic E-state index is 0.0703. The summed E-state index contributed by atoms with van der Waals surface area (Å²) >= 11 is 1.29. The molecule has 2 N–H and O–H groups in total. The zero-order valence-corrected chi connectivity index (χ0v) is 15.9. The molecule has 0 aromatic heterocycles. The molecule has 0 unspecified atom stereocenters. The first-order chi connectivity index (χ1) is 13.4. The Bertz CT molecular complexity index is 926. The summed E-state index contributed by atoms with van der Waals surface area (Å²) in [5, 5.41) is 4.72. The molecule has 2 aromatic rings. The maximum absolute atomic E-state index is 12.1. The number of rotatable bonds is 6.